The second kappa shape index (κ2) is 6.85. The highest BCUT2D eigenvalue weighted by molar-refractivity contribution is 5.66. The molecule has 0 heterocycles. The normalized spacial score (nSPS) is 10.1. The summed E-state index contributed by atoms with van der Waals surface area (Å²) in [4.78, 5) is 10.3. The Labute approximate surface area is 95.0 Å². The van der Waals surface area contributed by atoms with Gasteiger partial charge in [-0.15, -0.1) is 0 Å². The zero-order chi connectivity index (χ0) is 11.8. The number of carbonyl (C=O) groups is 1. The van der Waals surface area contributed by atoms with Crippen LogP contribution in [0.1, 0.15) is 18.4 Å². The molecule has 0 aromatic heterocycles. The van der Waals surface area contributed by atoms with E-state index >= 15 is 0 Å². The first-order valence-electron chi connectivity index (χ1n) is 5.36. The summed E-state index contributed by atoms with van der Waals surface area (Å²) in [5, 5.41) is 8.44. The molecule has 1 rings (SSSR count). The summed E-state index contributed by atoms with van der Waals surface area (Å²) in [6, 6.07) is 7.70. The minimum Gasteiger partial charge on any atom is -0.494 e. The van der Waals surface area contributed by atoms with E-state index in [1.54, 1.807) is 0 Å². The van der Waals surface area contributed by atoms with Gasteiger partial charge in [-0.3, -0.25) is 4.79 Å². The molecule has 0 radical (unpaired) electrons. The zero-order valence-corrected chi connectivity index (χ0v) is 9.19. The minimum absolute atomic E-state index is 0.144. The molecule has 0 saturated heterocycles. The van der Waals surface area contributed by atoms with Crippen molar-refractivity contribution < 1.29 is 14.6 Å². The summed E-state index contributed by atoms with van der Waals surface area (Å²) < 4.78 is 5.39. The van der Waals surface area contributed by atoms with Crippen LogP contribution in [0.2, 0.25) is 0 Å². The predicted molar refractivity (Wildman–Crippen MR) is 61.6 cm³/mol. The van der Waals surface area contributed by atoms with E-state index in [9.17, 15) is 4.79 Å². The van der Waals surface area contributed by atoms with Crippen LogP contribution in [0.4, 0.5) is 0 Å². The smallest absolute Gasteiger partial charge is 0.303 e. The molecule has 0 aliphatic heterocycles. The third-order valence-electron chi connectivity index (χ3n) is 2.16. The van der Waals surface area contributed by atoms with Crippen molar-refractivity contribution in [2.75, 3.05) is 13.2 Å². The quantitative estimate of drug-likeness (QED) is 0.686. The standard InChI is InChI=1S/C12H17NO3/c13-8-7-10-3-5-11(6-4-10)16-9-1-2-12(14)15/h3-6H,1-2,7-9,13H2,(H,14,15). The molecule has 1 aromatic carbocycles. The van der Waals surface area contributed by atoms with Crippen LogP contribution in [-0.4, -0.2) is 24.2 Å². The van der Waals surface area contributed by atoms with Crippen molar-refractivity contribution in [3.63, 3.8) is 0 Å². The highest BCUT2D eigenvalue weighted by Gasteiger charge is 1.98. The third-order valence-corrected chi connectivity index (χ3v) is 2.16. The van der Waals surface area contributed by atoms with E-state index in [0.29, 0.717) is 19.6 Å². The fourth-order valence-electron chi connectivity index (χ4n) is 1.33. The Morgan fingerprint density at radius 2 is 2.00 bits per heavy atom. The molecule has 4 heteroatoms. The molecule has 0 spiro atoms. The van der Waals surface area contributed by atoms with Crippen LogP contribution in [0.25, 0.3) is 0 Å². The lowest BCUT2D eigenvalue weighted by atomic mass is 10.1. The first kappa shape index (κ1) is 12.5. The average molecular weight is 223 g/mol. The third kappa shape index (κ3) is 4.79. The molecule has 0 saturated carbocycles. The molecule has 4 nitrogen and oxygen atoms in total. The van der Waals surface area contributed by atoms with Crippen molar-refractivity contribution in [3.05, 3.63) is 29.8 Å². The number of benzene rings is 1. The average Bonchev–Trinajstić information content (AvgIpc) is 2.27. The van der Waals surface area contributed by atoms with Crippen LogP contribution < -0.4 is 10.5 Å². The highest BCUT2D eigenvalue weighted by atomic mass is 16.5. The molecule has 0 unspecified atom stereocenters. The Morgan fingerprint density at radius 3 is 2.56 bits per heavy atom. The van der Waals surface area contributed by atoms with E-state index in [1.807, 2.05) is 24.3 Å². The molecule has 0 amide bonds. The summed E-state index contributed by atoms with van der Waals surface area (Å²) in [5.74, 6) is -0.0203. The number of ether oxygens (including phenoxy) is 1. The van der Waals surface area contributed by atoms with Crippen molar-refractivity contribution >= 4 is 5.97 Å². The maximum Gasteiger partial charge on any atom is 0.303 e. The minimum atomic E-state index is -0.790. The van der Waals surface area contributed by atoms with Crippen LogP contribution in [0.15, 0.2) is 24.3 Å². The number of hydrogen-bond donors (Lipinski definition) is 2. The van der Waals surface area contributed by atoms with Crippen LogP contribution in [0.5, 0.6) is 5.75 Å². The van der Waals surface area contributed by atoms with Gasteiger partial charge in [0.05, 0.1) is 6.61 Å². The zero-order valence-electron chi connectivity index (χ0n) is 9.19. The van der Waals surface area contributed by atoms with Gasteiger partial charge in [-0.05, 0) is 37.1 Å². The van der Waals surface area contributed by atoms with Gasteiger partial charge in [0.1, 0.15) is 5.75 Å². The topological polar surface area (TPSA) is 72.5 Å². The first-order chi connectivity index (χ1) is 7.72. The monoisotopic (exact) mass is 223 g/mol. The summed E-state index contributed by atoms with van der Waals surface area (Å²) in [7, 11) is 0. The molecule has 1 aromatic rings. The lowest BCUT2D eigenvalue weighted by Crippen LogP contribution is -2.03. The fraction of sp³-hybridized carbons (Fsp3) is 0.417. The van der Waals surface area contributed by atoms with E-state index in [-0.39, 0.29) is 6.42 Å². The molecule has 16 heavy (non-hydrogen) atoms. The van der Waals surface area contributed by atoms with Gasteiger partial charge in [0.15, 0.2) is 0 Å². The van der Waals surface area contributed by atoms with Crippen molar-refractivity contribution in [2.45, 2.75) is 19.3 Å². The molecule has 0 fully saturated rings. The summed E-state index contributed by atoms with van der Waals surface area (Å²) >= 11 is 0. The van der Waals surface area contributed by atoms with Gasteiger partial charge in [0.2, 0.25) is 0 Å². The number of hydrogen-bond acceptors (Lipinski definition) is 3. The van der Waals surface area contributed by atoms with E-state index in [0.717, 1.165) is 12.2 Å². The number of aliphatic carboxylic acids is 1. The van der Waals surface area contributed by atoms with Gasteiger partial charge in [0.25, 0.3) is 0 Å². The fourth-order valence-corrected chi connectivity index (χ4v) is 1.33. The van der Waals surface area contributed by atoms with Gasteiger partial charge in [0, 0.05) is 6.42 Å². The lowest BCUT2D eigenvalue weighted by Gasteiger charge is -2.06. The summed E-state index contributed by atoms with van der Waals surface area (Å²) in [6.07, 6.45) is 1.53. The second-order valence-corrected chi connectivity index (χ2v) is 3.53. The Kier molecular flexibility index (Phi) is 5.36. The van der Waals surface area contributed by atoms with Gasteiger partial charge < -0.3 is 15.6 Å². The van der Waals surface area contributed by atoms with Crippen LogP contribution in [0, 0.1) is 0 Å². The van der Waals surface area contributed by atoms with Crippen molar-refractivity contribution in [2.24, 2.45) is 5.73 Å². The van der Waals surface area contributed by atoms with Gasteiger partial charge in [-0.1, -0.05) is 12.1 Å². The van der Waals surface area contributed by atoms with E-state index in [4.69, 9.17) is 15.6 Å². The molecule has 0 bridgehead atoms. The summed E-state index contributed by atoms with van der Waals surface area (Å²) in [6.45, 7) is 1.07. The second-order valence-electron chi connectivity index (χ2n) is 3.53. The number of nitrogens with two attached hydrogens (primary N) is 1. The van der Waals surface area contributed by atoms with E-state index in [1.165, 1.54) is 5.56 Å². The molecular weight excluding hydrogens is 206 g/mol. The summed E-state index contributed by atoms with van der Waals surface area (Å²) in [5.41, 5.74) is 6.62. The molecular formula is C12H17NO3. The largest absolute Gasteiger partial charge is 0.494 e. The Balaban J connectivity index is 2.29. The van der Waals surface area contributed by atoms with Crippen molar-refractivity contribution in [3.8, 4) is 5.75 Å². The highest BCUT2D eigenvalue weighted by Crippen LogP contribution is 2.12. The first-order valence-corrected chi connectivity index (χ1v) is 5.36. The lowest BCUT2D eigenvalue weighted by molar-refractivity contribution is -0.137. The maximum atomic E-state index is 10.3. The Hall–Kier alpha value is -1.55. The van der Waals surface area contributed by atoms with Gasteiger partial charge in [-0.2, -0.15) is 0 Å². The van der Waals surface area contributed by atoms with Crippen molar-refractivity contribution in [1.29, 1.82) is 0 Å². The predicted octanol–water partition coefficient (Wildman–Crippen LogP) is 1.43. The maximum absolute atomic E-state index is 10.3. The van der Waals surface area contributed by atoms with Crippen LogP contribution in [-0.2, 0) is 11.2 Å². The van der Waals surface area contributed by atoms with Crippen LogP contribution in [0.3, 0.4) is 0 Å². The Bertz CT molecular complexity index is 322. The van der Waals surface area contributed by atoms with Crippen LogP contribution >= 0.6 is 0 Å². The van der Waals surface area contributed by atoms with Gasteiger partial charge in [-0.25, -0.2) is 0 Å². The molecule has 88 valence electrons. The molecule has 0 atom stereocenters. The molecule has 0 aliphatic rings. The molecule has 0 aliphatic carbocycles. The van der Waals surface area contributed by atoms with E-state index in [2.05, 4.69) is 0 Å². The SMILES string of the molecule is NCCc1ccc(OCCCC(=O)O)cc1. The number of carboxylic acids is 1. The number of carboxylic acid groups (broad SMARTS) is 1. The van der Waals surface area contributed by atoms with Gasteiger partial charge >= 0.3 is 5.97 Å². The molecule has 3 N–H and O–H groups in total. The Morgan fingerprint density at radius 1 is 1.31 bits per heavy atom. The van der Waals surface area contributed by atoms with E-state index < -0.39 is 5.97 Å². The van der Waals surface area contributed by atoms with Crippen molar-refractivity contribution in [1.82, 2.24) is 0 Å². The number of rotatable bonds is 7.